The van der Waals surface area contributed by atoms with Crippen LogP contribution in [0.2, 0.25) is 0 Å². The Bertz CT molecular complexity index is 361. The smallest absolute Gasteiger partial charge is 0.142 e. The molecule has 1 aliphatic carbocycles. The van der Waals surface area contributed by atoms with Gasteiger partial charge in [0, 0.05) is 13.7 Å². The molecule has 0 aliphatic heterocycles. The van der Waals surface area contributed by atoms with Gasteiger partial charge in [0.1, 0.15) is 12.4 Å². The lowest BCUT2D eigenvalue weighted by atomic mass is 10.2. The zero-order valence-corrected chi connectivity index (χ0v) is 10.7. The van der Waals surface area contributed by atoms with Crippen LogP contribution < -0.4 is 10.1 Å². The van der Waals surface area contributed by atoms with Crippen LogP contribution in [0.1, 0.15) is 18.4 Å². The van der Waals surface area contributed by atoms with Crippen molar-refractivity contribution < 1.29 is 9.47 Å². The van der Waals surface area contributed by atoms with Gasteiger partial charge in [-0.3, -0.25) is 0 Å². The highest BCUT2D eigenvalue weighted by molar-refractivity contribution is 5.57. The number of benzene rings is 1. The minimum atomic E-state index is 0.595. The average Bonchev–Trinajstić information content (AvgIpc) is 3.12. The van der Waals surface area contributed by atoms with E-state index in [0.29, 0.717) is 13.2 Å². The van der Waals surface area contributed by atoms with Crippen LogP contribution in [-0.2, 0) is 4.74 Å². The lowest BCUT2D eigenvalue weighted by Crippen LogP contribution is -2.09. The van der Waals surface area contributed by atoms with Gasteiger partial charge < -0.3 is 14.8 Å². The summed E-state index contributed by atoms with van der Waals surface area (Å²) in [4.78, 5) is 0. The summed E-state index contributed by atoms with van der Waals surface area (Å²) in [6.45, 7) is 4.35. The first-order valence-electron chi connectivity index (χ1n) is 6.26. The van der Waals surface area contributed by atoms with E-state index in [1.54, 1.807) is 7.11 Å². The molecule has 0 radical (unpaired) electrons. The van der Waals surface area contributed by atoms with E-state index in [-0.39, 0.29) is 0 Å². The fraction of sp³-hybridized carbons (Fsp3) is 0.571. The molecule has 1 fully saturated rings. The standard InChI is InChI=1S/C14H21NO2/c1-11-3-6-13(15-10-12-4-5-12)14(9-11)17-8-7-16-2/h3,6,9,12,15H,4-5,7-8,10H2,1-2H3. The van der Waals surface area contributed by atoms with E-state index < -0.39 is 0 Å². The van der Waals surface area contributed by atoms with Crippen molar-refractivity contribution in [1.29, 1.82) is 0 Å². The predicted molar refractivity (Wildman–Crippen MR) is 69.8 cm³/mol. The lowest BCUT2D eigenvalue weighted by Gasteiger charge is -2.13. The maximum absolute atomic E-state index is 5.72. The van der Waals surface area contributed by atoms with Gasteiger partial charge in [0.25, 0.3) is 0 Å². The van der Waals surface area contributed by atoms with Gasteiger partial charge in [0.2, 0.25) is 0 Å². The first-order chi connectivity index (χ1) is 8.29. The topological polar surface area (TPSA) is 30.5 Å². The van der Waals surface area contributed by atoms with E-state index in [0.717, 1.165) is 23.9 Å². The molecule has 0 atom stereocenters. The summed E-state index contributed by atoms with van der Waals surface area (Å²) >= 11 is 0. The molecule has 94 valence electrons. The molecule has 1 N–H and O–H groups in total. The molecule has 0 spiro atoms. The molecular formula is C14H21NO2. The van der Waals surface area contributed by atoms with Gasteiger partial charge in [-0.05, 0) is 43.4 Å². The van der Waals surface area contributed by atoms with E-state index in [4.69, 9.17) is 9.47 Å². The number of anilines is 1. The second-order valence-electron chi connectivity index (χ2n) is 4.67. The number of methoxy groups -OCH3 is 1. The van der Waals surface area contributed by atoms with Crippen molar-refractivity contribution in [2.45, 2.75) is 19.8 Å². The molecule has 1 aliphatic rings. The van der Waals surface area contributed by atoms with Gasteiger partial charge in [-0.2, -0.15) is 0 Å². The van der Waals surface area contributed by atoms with Gasteiger partial charge in [-0.1, -0.05) is 6.07 Å². The Morgan fingerprint density at radius 1 is 1.29 bits per heavy atom. The molecule has 0 unspecified atom stereocenters. The number of hydrogen-bond donors (Lipinski definition) is 1. The molecule has 1 saturated carbocycles. The van der Waals surface area contributed by atoms with Crippen LogP contribution in [0.25, 0.3) is 0 Å². The third-order valence-corrected chi connectivity index (χ3v) is 2.96. The summed E-state index contributed by atoms with van der Waals surface area (Å²) in [6.07, 6.45) is 2.72. The summed E-state index contributed by atoms with van der Waals surface area (Å²) in [7, 11) is 1.69. The Balaban J connectivity index is 1.95. The van der Waals surface area contributed by atoms with Crippen LogP contribution in [0.4, 0.5) is 5.69 Å². The minimum Gasteiger partial charge on any atom is -0.489 e. The summed E-state index contributed by atoms with van der Waals surface area (Å²) in [5.74, 6) is 1.80. The Morgan fingerprint density at radius 3 is 2.82 bits per heavy atom. The molecule has 3 nitrogen and oxygen atoms in total. The average molecular weight is 235 g/mol. The van der Waals surface area contributed by atoms with Crippen molar-refractivity contribution in [3.63, 3.8) is 0 Å². The maximum atomic E-state index is 5.72. The molecule has 17 heavy (non-hydrogen) atoms. The minimum absolute atomic E-state index is 0.595. The molecule has 0 aromatic heterocycles. The first kappa shape index (κ1) is 12.2. The summed E-state index contributed by atoms with van der Waals surface area (Å²) in [5.41, 5.74) is 2.31. The Hall–Kier alpha value is -1.22. The number of ether oxygens (including phenoxy) is 2. The molecule has 0 bridgehead atoms. The molecular weight excluding hydrogens is 214 g/mol. The highest BCUT2D eigenvalue weighted by Crippen LogP contribution is 2.31. The van der Waals surface area contributed by atoms with E-state index in [2.05, 4.69) is 30.4 Å². The summed E-state index contributed by atoms with van der Waals surface area (Å²) in [6, 6.07) is 6.28. The molecule has 2 rings (SSSR count). The van der Waals surface area contributed by atoms with Crippen molar-refractivity contribution in [2.24, 2.45) is 5.92 Å². The quantitative estimate of drug-likeness (QED) is 0.737. The van der Waals surface area contributed by atoms with E-state index in [1.165, 1.54) is 18.4 Å². The van der Waals surface area contributed by atoms with Crippen molar-refractivity contribution in [1.82, 2.24) is 0 Å². The molecule has 1 aromatic rings. The van der Waals surface area contributed by atoms with Crippen molar-refractivity contribution >= 4 is 5.69 Å². The van der Waals surface area contributed by atoms with E-state index >= 15 is 0 Å². The van der Waals surface area contributed by atoms with Crippen LogP contribution in [0.5, 0.6) is 5.75 Å². The highest BCUT2D eigenvalue weighted by Gasteiger charge is 2.21. The first-order valence-corrected chi connectivity index (χ1v) is 6.26. The molecule has 0 saturated heterocycles. The third-order valence-electron chi connectivity index (χ3n) is 2.96. The molecule has 0 heterocycles. The molecule has 0 amide bonds. The van der Waals surface area contributed by atoms with E-state index in [1.807, 2.05) is 0 Å². The van der Waals surface area contributed by atoms with Gasteiger partial charge >= 0.3 is 0 Å². The van der Waals surface area contributed by atoms with Crippen LogP contribution in [0.3, 0.4) is 0 Å². The van der Waals surface area contributed by atoms with Crippen LogP contribution >= 0.6 is 0 Å². The Morgan fingerprint density at radius 2 is 2.12 bits per heavy atom. The number of nitrogens with one attached hydrogen (secondary N) is 1. The van der Waals surface area contributed by atoms with Crippen LogP contribution in [0.15, 0.2) is 18.2 Å². The largest absolute Gasteiger partial charge is 0.489 e. The molecule has 1 aromatic carbocycles. The fourth-order valence-electron chi connectivity index (χ4n) is 1.71. The van der Waals surface area contributed by atoms with Crippen molar-refractivity contribution in [3.05, 3.63) is 23.8 Å². The predicted octanol–water partition coefficient (Wildman–Crippen LogP) is 2.84. The monoisotopic (exact) mass is 235 g/mol. The van der Waals surface area contributed by atoms with Crippen molar-refractivity contribution in [3.8, 4) is 5.75 Å². The second-order valence-corrected chi connectivity index (χ2v) is 4.67. The Kier molecular flexibility index (Phi) is 4.26. The van der Waals surface area contributed by atoms with Gasteiger partial charge in [0.05, 0.1) is 12.3 Å². The lowest BCUT2D eigenvalue weighted by molar-refractivity contribution is 0.146. The van der Waals surface area contributed by atoms with Crippen LogP contribution in [-0.4, -0.2) is 26.9 Å². The van der Waals surface area contributed by atoms with Gasteiger partial charge in [-0.25, -0.2) is 0 Å². The normalized spacial score (nSPS) is 14.7. The fourth-order valence-corrected chi connectivity index (χ4v) is 1.71. The third kappa shape index (κ3) is 3.93. The SMILES string of the molecule is COCCOc1cc(C)ccc1NCC1CC1. The summed E-state index contributed by atoms with van der Waals surface area (Å²) in [5, 5.41) is 3.46. The Labute approximate surface area is 103 Å². The zero-order valence-electron chi connectivity index (χ0n) is 10.7. The molecule has 3 heteroatoms. The van der Waals surface area contributed by atoms with E-state index in [9.17, 15) is 0 Å². The van der Waals surface area contributed by atoms with Gasteiger partial charge in [-0.15, -0.1) is 0 Å². The number of aryl methyl sites for hydroxylation is 1. The highest BCUT2D eigenvalue weighted by atomic mass is 16.5. The summed E-state index contributed by atoms with van der Waals surface area (Å²) < 4.78 is 10.7. The van der Waals surface area contributed by atoms with Gasteiger partial charge in [0.15, 0.2) is 0 Å². The number of rotatable bonds is 7. The number of hydrogen-bond acceptors (Lipinski definition) is 3. The maximum Gasteiger partial charge on any atom is 0.142 e. The van der Waals surface area contributed by atoms with Crippen molar-refractivity contribution in [2.75, 3.05) is 32.2 Å². The van der Waals surface area contributed by atoms with Crippen LogP contribution in [0, 0.1) is 12.8 Å². The second kappa shape index (κ2) is 5.92. The zero-order chi connectivity index (χ0) is 12.1.